The molecule has 13 heavy (non-hydrogen) atoms. The van der Waals surface area contributed by atoms with Crippen molar-refractivity contribution in [3.8, 4) is 0 Å². The summed E-state index contributed by atoms with van der Waals surface area (Å²) in [6.07, 6.45) is -1.15. The van der Waals surface area contributed by atoms with Crippen LogP contribution in [0.1, 0.15) is 6.42 Å². The Bertz CT molecular complexity index is 205. The van der Waals surface area contributed by atoms with E-state index in [-0.39, 0.29) is 13.2 Å². The highest BCUT2D eigenvalue weighted by atomic mass is 16.8. The smallest absolute Gasteiger partial charge is 0.463 e. The molecule has 6 heteroatoms. The molecule has 1 unspecified atom stereocenters. The van der Waals surface area contributed by atoms with Crippen molar-refractivity contribution in [1.29, 1.82) is 0 Å². The van der Waals surface area contributed by atoms with E-state index in [0.717, 1.165) is 0 Å². The van der Waals surface area contributed by atoms with Gasteiger partial charge in [0.2, 0.25) is 6.10 Å². The van der Waals surface area contributed by atoms with Crippen LogP contribution in [0.4, 0.5) is 4.79 Å². The van der Waals surface area contributed by atoms with Crippen molar-refractivity contribution in [3.63, 3.8) is 0 Å². The van der Waals surface area contributed by atoms with Crippen molar-refractivity contribution in [2.75, 3.05) is 19.8 Å². The lowest BCUT2D eigenvalue weighted by molar-refractivity contribution is -0.151. The van der Waals surface area contributed by atoms with Crippen LogP contribution in [-0.2, 0) is 19.0 Å². The standard InChI is InChI=1S/C7H11NO5/c8-2-1-3-11-6(9)5-4-12-7(10)13-5/h5H,1-4,8H2. The molecule has 0 aromatic carbocycles. The molecule has 0 aromatic heterocycles. The normalized spacial score (nSPS) is 20.7. The molecule has 0 spiro atoms. The van der Waals surface area contributed by atoms with Crippen molar-refractivity contribution < 1.29 is 23.8 Å². The molecular formula is C7H11NO5. The highest BCUT2D eigenvalue weighted by molar-refractivity contribution is 5.79. The molecule has 74 valence electrons. The Morgan fingerprint density at radius 2 is 2.46 bits per heavy atom. The van der Waals surface area contributed by atoms with Gasteiger partial charge in [0.15, 0.2) is 0 Å². The Hall–Kier alpha value is -1.30. The topological polar surface area (TPSA) is 87.9 Å². The van der Waals surface area contributed by atoms with Gasteiger partial charge in [-0.3, -0.25) is 0 Å². The molecule has 1 aliphatic rings. The molecule has 1 atom stereocenters. The van der Waals surface area contributed by atoms with E-state index >= 15 is 0 Å². The van der Waals surface area contributed by atoms with Gasteiger partial charge in [-0.1, -0.05) is 0 Å². The van der Waals surface area contributed by atoms with Crippen molar-refractivity contribution >= 4 is 12.1 Å². The van der Waals surface area contributed by atoms with E-state index in [1.54, 1.807) is 0 Å². The second-order valence-electron chi connectivity index (χ2n) is 2.48. The monoisotopic (exact) mass is 189 g/mol. The van der Waals surface area contributed by atoms with Crippen LogP contribution < -0.4 is 5.73 Å². The summed E-state index contributed by atoms with van der Waals surface area (Å²) >= 11 is 0. The SMILES string of the molecule is NCCCOC(=O)C1COC(=O)O1. The number of carbonyl (C=O) groups is 2. The molecule has 0 amide bonds. The highest BCUT2D eigenvalue weighted by Gasteiger charge is 2.32. The zero-order valence-corrected chi connectivity index (χ0v) is 7.02. The van der Waals surface area contributed by atoms with Crippen LogP contribution in [0.5, 0.6) is 0 Å². The summed E-state index contributed by atoms with van der Waals surface area (Å²) < 4.78 is 13.6. The summed E-state index contributed by atoms with van der Waals surface area (Å²) in [4.78, 5) is 21.5. The molecule has 0 radical (unpaired) electrons. The molecule has 0 aliphatic carbocycles. The van der Waals surface area contributed by atoms with Crippen LogP contribution in [0.15, 0.2) is 0 Å². The Balaban J connectivity index is 2.20. The first kappa shape index (κ1) is 9.79. The zero-order chi connectivity index (χ0) is 9.68. The van der Waals surface area contributed by atoms with Crippen molar-refractivity contribution in [3.05, 3.63) is 0 Å². The van der Waals surface area contributed by atoms with Crippen LogP contribution in [0.3, 0.4) is 0 Å². The first-order chi connectivity index (χ1) is 6.24. The van der Waals surface area contributed by atoms with Crippen LogP contribution >= 0.6 is 0 Å². The van der Waals surface area contributed by atoms with E-state index < -0.39 is 18.2 Å². The maximum Gasteiger partial charge on any atom is 0.509 e. The van der Waals surface area contributed by atoms with Gasteiger partial charge in [0.05, 0.1) is 6.61 Å². The van der Waals surface area contributed by atoms with Crippen LogP contribution in [0, 0.1) is 0 Å². The minimum absolute atomic E-state index is 0.0692. The van der Waals surface area contributed by atoms with Crippen LogP contribution in [-0.4, -0.2) is 38.0 Å². The van der Waals surface area contributed by atoms with E-state index in [1.165, 1.54) is 0 Å². The van der Waals surface area contributed by atoms with Crippen molar-refractivity contribution in [2.45, 2.75) is 12.5 Å². The number of nitrogens with two attached hydrogens (primary N) is 1. The molecule has 1 aliphatic heterocycles. The zero-order valence-electron chi connectivity index (χ0n) is 7.02. The predicted molar refractivity (Wildman–Crippen MR) is 40.9 cm³/mol. The van der Waals surface area contributed by atoms with E-state index in [4.69, 9.17) is 10.5 Å². The average molecular weight is 189 g/mol. The van der Waals surface area contributed by atoms with E-state index in [9.17, 15) is 9.59 Å². The molecule has 2 N–H and O–H groups in total. The molecular weight excluding hydrogens is 178 g/mol. The molecule has 1 saturated heterocycles. The van der Waals surface area contributed by atoms with Gasteiger partial charge in [-0.05, 0) is 13.0 Å². The third-order valence-corrected chi connectivity index (χ3v) is 1.45. The molecule has 1 rings (SSSR count). The van der Waals surface area contributed by atoms with Crippen molar-refractivity contribution in [1.82, 2.24) is 0 Å². The fraction of sp³-hybridized carbons (Fsp3) is 0.714. The van der Waals surface area contributed by atoms with Crippen LogP contribution in [0.25, 0.3) is 0 Å². The number of esters is 1. The van der Waals surface area contributed by atoms with E-state index in [0.29, 0.717) is 13.0 Å². The molecule has 1 fully saturated rings. The highest BCUT2D eigenvalue weighted by Crippen LogP contribution is 2.07. The lowest BCUT2D eigenvalue weighted by Crippen LogP contribution is -2.26. The van der Waals surface area contributed by atoms with Gasteiger partial charge < -0.3 is 19.9 Å². The Morgan fingerprint density at radius 3 is 3.00 bits per heavy atom. The number of cyclic esters (lactones) is 2. The molecule has 0 aromatic rings. The number of hydrogen-bond acceptors (Lipinski definition) is 6. The summed E-state index contributed by atoms with van der Waals surface area (Å²) in [5.74, 6) is -0.584. The first-order valence-corrected chi connectivity index (χ1v) is 3.94. The maximum atomic E-state index is 11.0. The average Bonchev–Trinajstić information content (AvgIpc) is 2.52. The van der Waals surface area contributed by atoms with Crippen LogP contribution in [0.2, 0.25) is 0 Å². The van der Waals surface area contributed by atoms with Gasteiger partial charge in [-0.2, -0.15) is 0 Å². The molecule has 6 nitrogen and oxygen atoms in total. The second-order valence-corrected chi connectivity index (χ2v) is 2.48. The summed E-state index contributed by atoms with van der Waals surface area (Å²) in [7, 11) is 0. The summed E-state index contributed by atoms with van der Waals surface area (Å²) in [5, 5.41) is 0. The fourth-order valence-corrected chi connectivity index (χ4v) is 0.793. The van der Waals surface area contributed by atoms with Gasteiger partial charge in [-0.15, -0.1) is 0 Å². The lowest BCUT2D eigenvalue weighted by Gasteiger charge is -2.06. The Morgan fingerprint density at radius 1 is 1.69 bits per heavy atom. The second kappa shape index (κ2) is 4.66. The van der Waals surface area contributed by atoms with Gasteiger partial charge >= 0.3 is 12.1 Å². The number of ether oxygens (including phenoxy) is 3. The number of rotatable bonds is 4. The molecule has 0 saturated carbocycles. The Kier molecular flexibility index (Phi) is 3.51. The molecule has 0 bridgehead atoms. The largest absolute Gasteiger partial charge is 0.509 e. The third kappa shape index (κ3) is 2.90. The van der Waals surface area contributed by atoms with Gasteiger partial charge in [0.25, 0.3) is 0 Å². The number of hydrogen-bond donors (Lipinski definition) is 1. The fourth-order valence-electron chi connectivity index (χ4n) is 0.793. The lowest BCUT2D eigenvalue weighted by atomic mass is 10.4. The quantitative estimate of drug-likeness (QED) is 0.470. The van der Waals surface area contributed by atoms with E-state index in [2.05, 4.69) is 9.47 Å². The van der Waals surface area contributed by atoms with E-state index in [1.807, 2.05) is 0 Å². The number of carbonyl (C=O) groups excluding carboxylic acids is 2. The Labute approximate surface area is 74.9 Å². The third-order valence-electron chi connectivity index (χ3n) is 1.45. The van der Waals surface area contributed by atoms with Gasteiger partial charge in [-0.25, -0.2) is 9.59 Å². The van der Waals surface area contributed by atoms with Gasteiger partial charge in [0, 0.05) is 0 Å². The minimum Gasteiger partial charge on any atom is -0.463 e. The summed E-state index contributed by atoms with van der Waals surface area (Å²) in [6, 6.07) is 0. The summed E-state index contributed by atoms with van der Waals surface area (Å²) in [5.41, 5.74) is 5.19. The maximum absolute atomic E-state index is 11.0. The molecule has 1 heterocycles. The summed E-state index contributed by atoms with van der Waals surface area (Å²) in [6.45, 7) is 0.623. The predicted octanol–water partition coefficient (Wildman–Crippen LogP) is -0.586. The minimum atomic E-state index is -0.912. The first-order valence-electron chi connectivity index (χ1n) is 3.94. The van der Waals surface area contributed by atoms with Gasteiger partial charge in [0.1, 0.15) is 6.61 Å². The van der Waals surface area contributed by atoms with Crippen molar-refractivity contribution in [2.24, 2.45) is 5.73 Å².